The molecule has 0 spiro atoms. The third-order valence-corrected chi connectivity index (χ3v) is 3.35. The first-order valence-electron chi connectivity index (χ1n) is 6.10. The summed E-state index contributed by atoms with van der Waals surface area (Å²) in [6, 6.07) is 0.800. The Morgan fingerprint density at radius 2 is 2.07 bits per heavy atom. The van der Waals surface area contributed by atoms with Crippen molar-refractivity contribution in [3.63, 3.8) is 0 Å². The molecule has 84 valence electrons. The van der Waals surface area contributed by atoms with Gasteiger partial charge in [0.15, 0.2) is 0 Å². The second-order valence-corrected chi connectivity index (χ2v) is 4.90. The number of nitrogens with one attached hydrogen (secondary N) is 1. The molecule has 0 saturated heterocycles. The maximum Gasteiger partial charge on any atom is 0.0101 e. The third-order valence-electron chi connectivity index (χ3n) is 3.35. The van der Waals surface area contributed by atoms with Crippen LogP contribution < -0.4 is 5.32 Å². The summed E-state index contributed by atoms with van der Waals surface area (Å²) in [5.74, 6) is 0.987. The van der Waals surface area contributed by atoms with E-state index in [4.69, 9.17) is 0 Å². The predicted molar refractivity (Wildman–Crippen MR) is 62.6 cm³/mol. The van der Waals surface area contributed by atoms with E-state index in [0.29, 0.717) is 0 Å². The minimum Gasteiger partial charge on any atom is -0.313 e. The molecule has 1 rings (SSSR count). The highest BCUT2D eigenvalue weighted by Crippen LogP contribution is 2.26. The molecule has 0 amide bonds. The van der Waals surface area contributed by atoms with Gasteiger partial charge in [0.25, 0.3) is 0 Å². The van der Waals surface area contributed by atoms with Crippen LogP contribution in [0.4, 0.5) is 0 Å². The van der Waals surface area contributed by atoms with Gasteiger partial charge in [0.2, 0.25) is 0 Å². The van der Waals surface area contributed by atoms with Crippen molar-refractivity contribution in [1.29, 1.82) is 0 Å². The third kappa shape index (κ3) is 4.43. The molecular weight excluding hydrogens is 172 g/mol. The fourth-order valence-corrected chi connectivity index (χ4v) is 2.34. The Kier molecular flexibility index (Phi) is 5.49. The number of hydrogen-bond donors (Lipinski definition) is 1. The highest BCUT2D eigenvalue weighted by molar-refractivity contribution is 4.77. The zero-order valence-corrected chi connectivity index (χ0v) is 10.1. The summed E-state index contributed by atoms with van der Waals surface area (Å²) in [4.78, 5) is 2.24. The van der Waals surface area contributed by atoms with Crippen LogP contribution in [-0.2, 0) is 0 Å². The second-order valence-electron chi connectivity index (χ2n) is 4.90. The van der Waals surface area contributed by atoms with E-state index in [1.807, 2.05) is 0 Å². The molecule has 2 unspecified atom stereocenters. The van der Waals surface area contributed by atoms with E-state index >= 15 is 0 Å². The van der Waals surface area contributed by atoms with Crippen molar-refractivity contribution in [3.05, 3.63) is 0 Å². The lowest BCUT2D eigenvalue weighted by atomic mass is 9.84. The lowest BCUT2D eigenvalue weighted by Crippen LogP contribution is -2.37. The minimum absolute atomic E-state index is 0.800. The highest BCUT2D eigenvalue weighted by Gasteiger charge is 2.19. The van der Waals surface area contributed by atoms with Gasteiger partial charge in [-0.15, -0.1) is 0 Å². The van der Waals surface area contributed by atoms with Gasteiger partial charge in [-0.3, -0.25) is 0 Å². The molecule has 2 heteroatoms. The van der Waals surface area contributed by atoms with Gasteiger partial charge in [-0.2, -0.15) is 0 Å². The quantitative estimate of drug-likeness (QED) is 0.728. The summed E-state index contributed by atoms with van der Waals surface area (Å²) in [5, 5.41) is 3.68. The van der Waals surface area contributed by atoms with Crippen molar-refractivity contribution in [1.82, 2.24) is 10.2 Å². The average Bonchev–Trinajstić information content (AvgIpc) is 2.18. The summed E-state index contributed by atoms with van der Waals surface area (Å²) in [6.45, 7) is 4.63. The number of likely N-dealkylation sites (N-methyl/N-ethyl adjacent to an activating group) is 1. The molecule has 0 radical (unpaired) electrons. The number of nitrogens with zero attached hydrogens (tertiary/aromatic N) is 1. The van der Waals surface area contributed by atoms with Crippen molar-refractivity contribution < 1.29 is 0 Å². The molecule has 1 N–H and O–H groups in total. The predicted octanol–water partition coefficient (Wildman–Crippen LogP) is 2.11. The molecule has 0 aromatic carbocycles. The average molecular weight is 198 g/mol. The molecule has 0 aromatic heterocycles. The van der Waals surface area contributed by atoms with Gasteiger partial charge in [0.1, 0.15) is 0 Å². The van der Waals surface area contributed by atoms with E-state index in [2.05, 4.69) is 31.2 Å². The SMILES string of the molecule is CCC1CCCC(NCCN(C)C)C1. The topological polar surface area (TPSA) is 15.3 Å². The van der Waals surface area contributed by atoms with Crippen LogP contribution >= 0.6 is 0 Å². The first-order chi connectivity index (χ1) is 6.72. The van der Waals surface area contributed by atoms with Crippen LogP contribution in [0.2, 0.25) is 0 Å². The van der Waals surface area contributed by atoms with Crippen LogP contribution in [-0.4, -0.2) is 38.1 Å². The molecule has 0 aromatic rings. The first kappa shape index (κ1) is 12.0. The van der Waals surface area contributed by atoms with Crippen molar-refractivity contribution >= 4 is 0 Å². The van der Waals surface area contributed by atoms with Crippen LogP contribution in [0.5, 0.6) is 0 Å². The standard InChI is InChI=1S/C12H26N2/c1-4-11-6-5-7-12(10-11)13-8-9-14(2)3/h11-13H,4-10H2,1-3H3. The van der Waals surface area contributed by atoms with Gasteiger partial charge in [-0.1, -0.05) is 26.2 Å². The van der Waals surface area contributed by atoms with Gasteiger partial charge in [0, 0.05) is 19.1 Å². The molecule has 1 aliphatic rings. The van der Waals surface area contributed by atoms with Crippen molar-refractivity contribution in [2.45, 2.75) is 45.1 Å². The Morgan fingerprint density at radius 3 is 2.71 bits per heavy atom. The fourth-order valence-electron chi connectivity index (χ4n) is 2.34. The first-order valence-corrected chi connectivity index (χ1v) is 6.10. The van der Waals surface area contributed by atoms with Gasteiger partial charge < -0.3 is 10.2 Å². The van der Waals surface area contributed by atoms with Crippen molar-refractivity contribution in [2.75, 3.05) is 27.2 Å². The molecule has 1 aliphatic carbocycles. The van der Waals surface area contributed by atoms with Gasteiger partial charge >= 0.3 is 0 Å². The summed E-state index contributed by atoms with van der Waals surface area (Å²) in [5.41, 5.74) is 0. The highest BCUT2D eigenvalue weighted by atomic mass is 15.1. The molecule has 1 fully saturated rings. The Balaban J connectivity index is 2.11. The van der Waals surface area contributed by atoms with Gasteiger partial charge in [0.05, 0.1) is 0 Å². The van der Waals surface area contributed by atoms with E-state index in [0.717, 1.165) is 25.0 Å². The molecule has 0 aliphatic heterocycles. The van der Waals surface area contributed by atoms with Crippen molar-refractivity contribution in [2.24, 2.45) is 5.92 Å². The second kappa shape index (κ2) is 6.41. The zero-order valence-electron chi connectivity index (χ0n) is 10.1. The smallest absolute Gasteiger partial charge is 0.0101 e. The van der Waals surface area contributed by atoms with Crippen LogP contribution in [0.25, 0.3) is 0 Å². The minimum atomic E-state index is 0.800. The monoisotopic (exact) mass is 198 g/mol. The molecular formula is C12H26N2. The van der Waals surface area contributed by atoms with Gasteiger partial charge in [-0.05, 0) is 32.9 Å². The maximum absolute atomic E-state index is 3.68. The van der Waals surface area contributed by atoms with E-state index in [9.17, 15) is 0 Å². The summed E-state index contributed by atoms with van der Waals surface area (Å²) in [7, 11) is 4.27. The van der Waals surface area contributed by atoms with Gasteiger partial charge in [-0.25, -0.2) is 0 Å². The molecule has 2 nitrogen and oxygen atoms in total. The number of hydrogen-bond acceptors (Lipinski definition) is 2. The molecule has 2 atom stereocenters. The zero-order chi connectivity index (χ0) is 10.4. The number of rotatable bonds is 5. The Labute approximate surface area is 89.1 Å². The Hall–Kier alpha value is -0.0800. The molecule has 14 heavy (non-hydrogen) atoms. The summed E-state index contributed by atoms with van der Waals surface area (Å²) < 4.78 is 0. The molecule has 1 saturated carbocycles. The Bertz CT molecular complexity index is 145. The lowest BCUT2D eigenvalue weighted by molar-refractivity contribution is 0.271. The van der Waals surface area contributed by atoms with E-state index < -0.39 is 0 Å². The van der Waals surface area contributed by atoms with E-state index in [1.165, 1.54) is 32.1 Å². The molecule has 0 bridgehead atoms. The van der Waals surface area contributed by atoms with E-state index in [1.54, 1.807) is 0 Å². The fraction of sp³-hybridized carbons (Fsp3) is 1.00. The van der Waals surface area contributed by atoms with Crippen LogP contribution in [0.15, 0.2) is 0 Å². The normalized spacial score (nSPS) is 28.3. The van der Waals surface area contributed by atoms with Crippen LogP contribution in [0.1, 0.15) is 39.0 Å². The van der Waals surface area contributed by atoms with E-state index in [-0.39, 0.29) is 0 Å². The van der Waals surface area contributed by atoms with Crippen LogP contribution in [0, 0.1) is 5.92 Å². The molecule has 0 heterocycles. The lowest BCUT2D eigenvalue weighted by Gasteiger charge is -2.29. The summed E-state index contributed by atoms with van der Waals surface area (Å²) in [6.07, 6.45) is 7.06. The Morgan fingerprint density at radius 1 is 1.29 bits per heavy atom. The van der Waals surface area contributed by atoms with Crippen molar-refractivity contribution in [3.8, 4) is 0 Å². The maximum atomic E-state index is 3.68. The summed E-state index contributed by atoms with van der Waals surface area (Å²) >= 11 is 0. The largest absolute Gasteiger partial charge is 0.313 e. The van der Waals surface area contributed by atoms with Crippen LogP contribution in [0.3, 0.4) is 0 Å².